The van der Waals surface area contributed by atoms with Crippen LogP contribution in [0.1, 0.15) is 33.1 Å². The van der Waals surface area contributed by atoms with Crippen molar-refractivity contribution in [2.75, 3.05) is 6.54 Å². The Bertz CT molecular complexity index is 522. The van der Waals surface area contributed by atoms with Crippen molar-refractivity contribution >= 4 is 5.71 Å². The second kappa shape index (κ2) is 6.76. The van der Waals surface area contributed by atoms with Crippen LogP contribution in [0.5, 0.6) is 0 Å². The maximum atomic E-state index is 9.30. The van der Waals surface area contributed by atoms with Gasteiger partial charge in [-0.1, -0.05) is 19.2 Å². The molecule has 0 saturated heterocycles. The van der Waals surface area contributed by atoms with Crippen molar-refractivity contribution in [3.63, 3.8) is 0 Å². The molecule has 1 atom stereocenters. The minimum absolute atomic E-state index is 0.312. The summed E-state index contributed by atoms with van der Waals surface area (Å²) in [6.45, 7) is 12.6. The van der Waals surface area contributed by atoms with Crippen LogP contribution in [0.3, 0.4) is 0 Å². The molecule has 3 N–H and O–H groups in total. The molecule has 4 heteroatoms. The minimum Gasteiger partial charge on any atom is -0.393 e. The van der Waals surface area contributed by atoms with Crippen molar-refractivity contribution in [2.45, 2.75) is 39.2 Å². The zero-order chi connectivity index (χ0) is 15.4. The molecule has 0 bridgehead atoms. The molecule has 1 fully saturated rings. The van der Waals surface area contributed by atoms with Gasteiger partial charge in [-0.15, -0.1) is 0 Å². The normalized spacial score (nSPS) is 22.0. The fourth-order valence-electron chi connectivity index (χ4n) is 2.24. The van der Waals surface area contributed by atoms with Crippen LogP contribution in [-0.4, -0.2) is 23.5 Å². The van der Waals surface area contributed by atoms with E-state index in [0.717, 1.165) is 28.4 Å². The van der Waals surface area contributed by atoms with Crippen LogP contribution in [0.15, 0.2) is 53.1 Å². The van der Waals surface area contributed by atoms with E-state index in [4.69, 9.17) is 4.99 Å². The Hall–Kier alpha value is -1.81. The van der Waals surface area contributed by atoms with Gasteiger partial charge in [0, 0.05) is 35.6 Å². The van der Waals surface area contributed by atoms with Gasteiger partial charge in [-0.25, -0.2) is 0 Å². The number of hydrogen-bond donors (Lipinski definition) is 3. The summed E-state index contributed by atoms with van der Waals surface area (Å²) < 4.78 is 0. The molecule has 0 aromatic carbocycles. The van der Waals surface area contributed by atoms with E-state index in [2.05, 4.69) is 29.9 Å². The third-order valence-corrected chi connectivity index (χ3v) is 3.69. The van der Waals surface area contributed by atoms with Crippen LogP contribution in [0.4, 0.5) is 0 Å². The molecule has 1 saturated carbocycles. The predicted octanol–water partition coefficient (Wildman–Crippen LogP) is 2.62. The van der Waals surface area contributed by atoms with Crippen LogP contribution in [0, 0.1) is 5.92 Å². The highest BCUT2D eigenvalue weighted by Crippen LogP contribution is 2.37. The summed E-state index contributed by atoms with van der Waals surface area (Å²) in [5.74, 6) is 0.605. The maximum Gasteiger partial charge on any atom is 0.0968 e. The number of allylic oxidation sites excluding steroid dienone is 4. The van der Waals surface area contributed by atoms with Crippen LogP contribution >= 0.6 is 0 Å². The molecule has 0 amide bonds. The topological polar surface area (TPSA) is 56.6 Å². The van der Waals surface area contributed by atoms with E-state index in [9.17, 15) is 5.11 Å². The van der Waals surface area contributed by atoms with Crippen molar-refractivity contribution in [2.24, 2.45) is 10.9 Å². The fraction of sp³-hybridized carbons (Fsp3) is 0.471. The molecule has 1 unspecified atom stereocenters. The largest absolute Gasteiger partial charge is 0.393 e. The van der Waals surface area contributed by atoms with E-state index in [1.807, 2.05) is 13.1 Å². The minimum atomic E-state index is -0.312. The lowest BCUT2D eigenvalue weighted by Crippen LogP contribution is -2.21. The van der Waals surface area contributed by atoms with Gasteiger partial charge in [0.05, 0.1) is 17.5 Å². The SMILES string of the molecule is C=C(NCCC(C)O)C1=CNC(=C)/C1=N\C(=C/C)C1CC1. The Morgan fingerprint density at radius 3 is 2.90 bits per heavy atom. The summed E-state index contributed by atoms with van der Waals surface area (Å²) in [6, 6.07) is 0. The first-order valence-electron chi connectivity index (χ1n) is 7.55. The highest BCUT2D eigenvalue weighted by Gasteiger charge is 2.27. The number of rotatable bonds is 7. The van der Waals surface area contributed by atoms with E-state index < -0.39 is 0 Å². The molecule has 1 aliphatic carbocycles. The van der Waals surface area contributed by atoms with E-state index >= 15 is 0 Å². The number of aliphatic hydroxyl groups excluding tert-OH is 1. The Morgan fingerprint density at radius 2 is 2.33 bits per heavy atom. The molecular weight excluding hydrogens is 262 g/mol. The lowest BCUT2D eigenvalue weighted by atomic mass is 10.1. The second-order valence-electron chi connectivity index (χ2n) is 5.67. The number of hydrogen-bond acceptors (Lipinski definition) is 4. The number of aliphatic hydroxyl groups is 1. The molecule has 114 valence electrons. The Kier molecular flexibility index (Phi) is 5.02. The van der Waals surface area contributed by atoms with Gasteiger partial charge in [0.15, 0.2) is 0 Å². The summed E-state index contributed by atoms with van der Waals surface area (Å²) in [5, 5.41) is 15.7. The molecule has 0 aromatic heterocycles. The molecule has 4 nitrogen and oxygen atoms in total. The lowest BCUT2D eigenvalue weighted by molar-refractivity contribution is 0.185. The fourth-order valence-corrected chi connectivity index (χ4v) is 2.24. The number of nitrogens with zero attached hydrogens (tertiary/aromatic N) is 1. The first-order chi connectivity index (χ1) is 10.0. The van der Waals surface area contributed by atoms with Crippen LogP contribution in [0.25, 0.3) is 0 Å². The zero-order valence-electron chi connectivity index (χ0n) is 12.9. The number of nitrogens with one attached hydrogen (secondary N) is 2. The first-order valence-corrected chi connectivity index (χ1v) is 7.55. The van der Waals surface area contributed by atoms with Gasteiger partial charge in [0.2, 0.25) is 0 Å². The van der Waals surface area contributed by atoms with Gasteiger partial charge in [0.1, 0.15) is 0 Å². The third kappa shape index (κ3) is 4.08. The quantitative estimate of drug-likeness (QED) is 0.674. The Labute approximate surface area is 127 Å². The lowest BCUT2D eigenvalue weighted by Gasteiger charge is -2.13. The maximum absolute atomic E-state index is 9.30. The van der Waals surface area contributed by atoms with Crippen molar-refractivity contribution in [1.82, 2.24) is 10.6 Å². The van der Waals surface area contributed by atoms with Gasteiger partial charge >= 0.3 is 0 Å². The summed E-state index contributed by atoms with van der Waals surface area (Å²) in [6.07, 6.45) is 6.80. The van der Waals surface area contributed by atoms with E-state index in [-0.39, 0.29) is 6.10 Å². The standard InChI is InChI=1S/C17H25N3O/c1-5-16(14-6-7-14)20-17-13(4)19-10-15(17)12(3)18-9-8-11(2)21/h5,10-11,14,18-19,21H,3-4,6-9H2,1-2H3/b16-5-,20-17+. The van der Waals surface area contributed by atoms with Crippen LogP contribution < -0.4 is 10.6 Å². The molecule has 2 rings (SSSR count). The summed E-state index contributed by atoms with van der Waals surface area (Å²) >= 11 is 0. The van der Waals surface area contributed by atoms with Crippen LogP contribution in [-0.2, 0) is 0 Å². The summed E-state index contributed by atoms with van der Waals surface area (Å²) in [4.78, 5) is 4.78. The number of aliphatic imine (C=N–C) groups is 1. The van der Waals surface area contributed by atoms with Crippen molar-refractivity contribution in [3.05, 3.63) is 48.1 Å². The molecule has 1 aliphatic heterocycles. The zero-order valence-corrected chi connectivity index (χ0v) is 12.9. The monoisotopic (exact) mass is 287 g/mol. The van der Waals surface area contributed by atoms with Gasteiger partial charge in [0.25, 0.3) is 0 Å². The van der Waals surface area contributed by atoms with Gasteiger partial charge in [-0.2, -0.15) is 0 Å². The highest BCUT2D eigenvalue weighted by atomic mass is 16.3. The van der Waals surface area contributed by atoms with Gasteiger partial charge in [-0.05, 0) is 33.1 Å². The Morgan fingerprint density at radius 1 is 1.62 bits per heavy atom. The molecule has 0 spiro atoms. The van der Waals surface area contributed by atoms with Gasteiger partial charge < -0.3 is 15.7 Å². The Balaban J connectivity index is 2.05. The summed E-state index contributed by atoms with van der Waals surface area (Å²) in [5.41, 5.74) is 4.57. The average molecular weight is 287 g/mol. The first kappa shape index (κ1) is 15.6. The molecule has 0 aromatic rings. The van der Waals surface area contributed by atoms with Crippen molar-refractivity contribution in [1.29, 1.82) is 0 Å². The molecular formula is C17H25N3O. The third-order valence-electron chi connectivity index (χ3n) is 3.69. The van der Waals surface area contributed by atoms with E-state index in [1.54, 1.807) is 6.92 Å². The van der Waals surface area contributed by atoms with Crippen LogP contribution in [0.2, 0.25) is 0 Å². The van der Waals surface area contributed by atoms with E-state index in [0.29, 0.717) is 18.9 Å². The van der Waals surface area contributed by atoms with Crippen molar-refractivity contribution < 1.29 is 5.11 Å². The molecule has 1 heterocycles. The predicted molar refractivity (Wildman–Crippen MR) is 87.7 cm³/mol. The molecule has 0 radical (unpaired) electrons. The second-order valence-corrected chi connectivity index (χ2v) is 5.67. The smallest absolute Gasteiger partial charge is 0.0968 e. The van der Waals surface area contributed by atoms with Gasteiger partial charge in [-0.3, -0.25) is 4.99 Å². The van der Waals surface area contributed by atoms with E-state index in [1.165, 1.54) is 12.8 Å². The summed E-state index contributed by atoms with van der Waals surface area (Å²) in [7, 11) is 0. The molecule has 2 aliphatic rings. The van der Waals surface area contributed by atoms with Crippen molar-refractivity contribution in [3.8, 4) is 0 Å². The highest BCUT2D eigenvalue weighted by molar-refractivity contribution is 6.16. The molecule has 21 heavy (non-hydrogen) atoms. The average Bonchev–Trinajstić information content (AvgIpc) is 3.20.